The molecule has 2 rings (SSSR count). The maximum absolute atomic E-state index is 6.03. The summed E-state index contributed by atoms with van der Waals surface area (Å²) in [6, 6.07) is 4.36. The van der Waals surface area contributed by atoms with Gasteiger partial charge in [-0.25, -0.2) is 0 Å². The highest BCUT2D eigenvalue weighted by atomic mass is 79.9. The summed E-state index contributed by atoms with van der Waals surface area (Å²) < 4.78 is 6.74. The lowest BCUT2D eigenvalue weighted by Crippen LogP contribution is -2.45. The first kappa shape index (κ1) is 14.8. The minimum Gasteiger partial charge on any atom is -0.381 e. The molecule has 1 aromatic carbocycles. The number of nitrogens with two attached hydrogens (primary N) is 1. The molecule has 3 nitrogen and oxygen atoms in total. The van der Waals surface area contributed by atoms with E-state index in [0.29, 0.717) is 6.54 Å². The van der Waals surface area contributed by atoms with Crippen molar-refractivity contribution < 1.29 is 4.74 Å². The molecule has 4 heteroatoms. The van der Waals surface area contributed by atoms with Crippen LogP contribution in [0.5, 0.6) is 0 Å². The standard InChI is InChI=1S/C15H23BrN2O/c1-11-8-13(9-12(2)14(11)16)18-15(10-17)4-3-6-19-7-5-15/h8-9,18H,3-7,10,17H2,1-2H3. The van der Waals surface area contributed by atoms with Gasteiger partial charge in [0.2, 0.25) is 0 Å². The summed E-state index contributed by atoms with van der Waals surface area (Å²) in [5.74, 6) is 0. The van der Waals surface area contributed by atoms with Crippen LogP contribution in [0.15, 0.2) is 16.6 Å². The van der Waals surface area contributed by atoms with E-state index in [1.807, 2.05) is 0 Å². The lowest BCUT2D eigenvalue weighted by atomic mass is 9.90. The summed E-state index contributed by atoms with van der Waals surface area (Å²) in [5, 5.41) is 3.67. The minimum atomic E-state index is -0.0246. The zero-order chi connectivity index (χ0) is 13.9. The highest BCUT2D eigenvalue weighted by molar-refractivity contribution is 9.10. The average Bonchev–Trinajstić information content (AvgIpc) is 2.62. The van der Waals surface area contributed by atoms with E-state index < -0.39 is 0 Å². The fourth-order valence-corrected chi connectivity index (χ4v) is 2.94. The fourth-order valence-electron chi connectivity index (χ4n) is 2.71. The van der Waals surface area contributed by atoms with E-state index in [2.05, 4.69) is 47.2 Å². The molecule has 0 saturated carbocycles. The van der Waals surface area contributed by atoms with Crippen molar-refractivity contribution in [3.63, 3.8) is 0 Å². The van der Waals surface area contributed by atoms with Crippen molar-refractivity contribution in [1.29, 1.82) is 0 Å². The van der Waals surface area contributed by atoms with E-state index in [-0.39, 0.29) is 5.54 Å². The zero-order valence-corrected chi connectivity index (χ0v) is 13.3. The number of anilines is 1. The van der Waals surface area contributed by atoms with Gasteiger partial charge in [-0.2, -0.15) is 0 Å². The average molecular weight is 327 g/mol. The van der Waals surface area contributed by atoms with E-state index in [1.54, 1.807) is 0 Å². The topological polar surface area (TPSA) is 47.3 Å². The van der Waals surface area contributed by atoms with Crippen LogP contribution in [0.3, 0.4) is 0 Å². The molecular formula is C15H23BrN2O. The van der Waals surface area contributed by atoms with E-state index in [0.717, 1.165) is 38.2 Å². The third kappa shape index (κ3) is 3.50. The zero-order valence-electron chi connectivity index (χ0n) is 11.8. The van der Waals surface area contributed by atoms with Gasteiger partial charge in [-0.15, -0.1) is 0 Å². The molecule has 1 saturated heterocycles. The SMILES string of the molecule is Cc1cc(NC2(CN)CCCOCC2)cc(C)c1Br. The van der Waals surface area contributed by atoms with Gasteiger partial charge >= 0.3 is 0 Å². The lowest BCUT2D eigenvalue weighted by Gasteiger charge is -2.33. The Balaban J connectivity index is 2.22. The molecule has 1 unspecified atom stereocenters. The first-order valence-corrected chi connectivity index (χ1v) is 7.68. The van der Waals surface area contributed by atoms with Crippen molar-refractivity contribution in [2.45, 2.75) is 38.6 Å². The smallest absolute Gasteiger partial charge is 0.0518 e. The predicted octanol–water partition coefficient (Wildman–Crippen LogP) is 3.38. The third-order valence-corrected chi connectivity index (χ3v) is 5.16. The van der Waals surface area contributed by atoms with Gasteiger partial charge in [-0.05, 0) is 56.4 Å². The summed E-state index contributed by atoms with van der Waals surface area (Å²) in [6.45, 7) is 6.52. The number of aryl methyl sites for hydroxylation is 2. The van der Waals surface area contributed by atoms with Crippen LogP contribution in [0, 0.1) is 13.8 Å². The van der Waals surface area contributed by atoms with Crippen LogP contribution < -0.4 is 11.1 Å². The van der Waals surface area contributed by atoms with Gasteiger partial charge in [0.1, 0.15) is 0 Å². The van der Waals surface area contributed by atoms with Crippen molar-refractivity contribution in [3.8, 4) is 0 Å². The van der Waals surface area contributed by atoms with Gasteiger partial charge < -0.3 is 15.8 Å². The fraction of sp³-hybridized carbons (Fsp3) is 0.600. The quantitative estimate of drug-likeness (QED) is 0.895. The Morgan fingerprint density at radius 2 is 1.95 bits per heavy atom. The summed E-state index contributed by atoms with van der Waals surface area (Å²) in [7, 11) is 0. The van der Waals surface area contributed by atoms with E-state index in [4.69, 9.17) is 10.5 Å². The van der Waals surface area contributed by atoms with Gasteiger partial charge in [-0.1, -0.05) is 15.9 Å². The summed E-state index contributed by atoms with van der Waals surface area (Å²) in [6.07, 6.45) is 3.11. The third-order valence-electron chi connectivity index (χ3n) is 3.91. The normalized spacial score (nSPS) is 24.0. The summed E-state index contributed by atoms with van der Waals surface area (Å²) in [4.78, 5) is 0. The minimum absolute atomic E-state index is 0.0246. The van der Waals surface area contributed by atoms with E-state index in [1.165, 1.54) is 15.6 Å². The maximum Gasteiger partial charge on any atom is 0.0518 e. The van der Waals surface area contributed by atoms with Crippen molar-refractivity contribution >= 4 is 21.6 Å². The molecule has 1 heterocycles. The number of ether oxygens (including phenoxy) is 1. The molecule has 1 aliphatic heterocycles. The van der Waals surface area contributed by atoms with Gasteiger partial charge in [0.15, 0.2) is 0 Å². The Morgan fingerprint density at radius 3 is 2.58 bits per heavy atom. The second-order valence-electron chi connectivity index (χ2n) is 5.50. The molecule has 1 atom stereocenters. The van der Waals surface area contributed by atoms with Gasteiger partial charge in [0.25, 0.3) is 0 Å². The molecule has 0 aromatic heterocycles. The largest absolute Gasteiger partial charge is 0.381 e. The molecule has 1 aromatic rings. The van der Waals surface area contributed by atoms with Crippen LogP contribution in [0.4, 0.5) is 5.69 Å². The molecule has 0 bridgehead atoms. The Bertz CT molecular complexity index is 417. The van der Waals surface area contributed by atoms with Gasteiger partial charge in [0, 0.05) is 29.9 Å². The van der Waals surface area contributed by atoms with Crippen LogP contribution >= 0.6 is 15.9 Å². The summed E-state index contributed by atoms with van der Waals surface area (Å²) >= 11 is 3.61. The molecule has 19 heavy (non-hydrogen) atoms. The molecule has 0 amide bonds. The predicted molar refractivity (Wildman–Crippen MR) is 83.7 cm³/mol. The van der Waals surface area contributed by atoms with Crippen LogP contribution in [0.2, 0.25) is 0 Å². The Kier molecular flexibility index (Phi) is 4.87. The van der Waals surface area contributed by atoms with Crippen molar-refractivity contribution in [2.24, 2.45) is 5.73 Å². The van der Waals surface area contributed by atoms with Gasteiger partial charge in [-0.3, -0.25) is 0 Å². The molecule has 0 radical (unpaired) electrons. The number of rotatable bonds is 3. The van der Waals surface area contributed by atoms with Crippen LogP contribution in [-0.2, 0) is 4.74 Å². The second-order valence-corrected chi connectivity index (χ2v) is 6.29. The summed E-state index contributed by atoms with van der Waals surface area (Å²) in [5.41, 5.74) is 9.67. The van der Waals surface area contributed by atoms with E-state index in [9.17, 15) is 0 Å². The number of nitrogens with one attached hydrogen (secondary N) is 1. The van der Waals surface area contributed by atoms with Crippen LogP contribution in [0.1, 0.15) is 30.4 Å². The number of halogens is 1. The highest BCUT2D eigenvalue weighted by Crippen LogP contribution is 2.30. The first-order chi connectivity index (χ1) is 9.06. The Hall–Kier alpha value is -0.580. The van der Waals surface area contributed by atoms with Crippen molar-refractivity contribution in [2.75, 3.05) is 25.1 Å². The van der Waals surface area contributed by atoms with Crippen LogP contribution in [-0.4, -0.2) is 25.3 Å². The van der Waals surface area contributed by atoms with Crippen molar-refractivity contribution in [1.82, 2.24) is 0 Å². The maximum atomic E-state index is 6.03. The van der Waals surface area contributed by atoms with Crippen molar-refractivity contribution in [3.05, 3.63) is 27.7 Å². The molecular weight excluding hydrogens is 304 g/mol. The van der Waals surface area contributed by atoms with Gasteiger partial charge in [0.05, 0.1) is 5.54 Å². The molecule has 1 fully saturated rings. The van der Waals surface area contributed by atoms with Crippen LogP contribution in [0.25, 0.3) is 0 Å². The monoisotopic (exact) mass is 326 g/mol. The number of hydrogen-bond acceptors (Lipinski definition) is 3. The Morgan fingerprint density at radius 1 is 1.26 bits per heavy atom. The molecule has 0 spiro atoms. The number of benzene rings is 1. The Labute approximate surface area is 124 Å². The molecule has 1 aliphatic rings. The van der Waals surface area contributed by atoms with E-state index >= 15 is 0 Å². The first-order valence-electron chi connectivity index (χ1n) is 6.89. The second kappa shape index (κ2) is 6.25. The molecule has 106 valence electrons. The lowest BCUT2D eigenvalue weighted by molar-refractivity contribution is 0.141. The molecule has 0 aliphatic carbocycles. The highest BCUT2D eigenvalue weighted by Gasteiger charge is 2.29. The molecule has 3 N–H and O–H groups in total. The number of hydrogen-bond donors (Lipinski definition) is 2.